The molecule has 0 radical (unpaired) electrons. The van der Waals surface area contributed by atoms with Crippen LogP contribution in [0.5, 0.6) is 0 Å². The van der Waals surface area contributed by atoms with Crippen LogP contribution in [-0.2, 0) is 9.53 Å². The summed E-state index contributed by atoms with van der Waals surface area (Å²) in [5.41, 5.74) is 0. The molecule has 4 heteroatoms. The maximum absolute atomic E-state index is 11.9. The van der Waals surface area contributed by atoms with E-state index in [1.165, 1.54) is 32.1 Å². The van der Waals surface area contributed by atoms with Crippen LogP contribution in [0.15, 0.2) is 0 Å². The molecule has 1 rings (SSSR count). The summed E-state index contributed by atoms with van der Waals surface area (Å²) in [6.07, 6.45) is 7.49. The molecule has 0 spiro atoms. The zero-order chi connectivity index (χ0) is 15.7. The first-order chi connectivity index (χ1) is 10.1. The Balaban J connectivity index is 2.35. The molecule has 1 saturated carbocycles. The molecule has 0 saturated heterocycles. The molecule has 0 amide bonds. The van der Waals surface area contributed by atoms with Crippen molar-refractivity contribution in [3.8, 4) is 0 Å². The van der Waals surface area contributed by atoms with Crippen LogP contribution in [0.25, 0.3) is 0 Å². The van der Waals surface area contributed by atoms with Crippen molar-refractivity contribution < 1.29 is 9.53 Å². The van der Waals surface area contributed by atoms with Crippen molar-refractivity contribution in [2.24, 2.45) is 5.92 Å². The van der Waals surface area contributed by atoms with Crippen molar-refractivity contribution in [1.29, 1.82) is 0 Å². The predicted molar refractivity (Wildman–Crippen MR) is 87.4 cm³/mol. The first-order valence-electron chi connectivity index (χ1n) is 8.72. The molecule has 1 aliphatic carbocycles. The third-order valence-electron chi connectivity index (χ3n) is 4.81. The molecule has 4 nitrogen and oxygen atoms in total. The van der Waals surface area contributed by atoms with E-state index in [0.29, 0.717) is 12.6 Å². The molecule has 0 aliphatic heterocycles. The highest BCUT2D eigenvalue weighted by Gasteiger charge is 2.25. The molecule has 0 bridgehead atoms. The number of esters is 1. The van der Waals surface area contributed by atoms with E-state index in [1.807, 2.05) is 13.8 Å². The largest absolute Gasteiger partial charge is 0.465 e. The van der Waals surface area contributed by atoms with Gasteiger partial charge in [0.1, 0.15) is 6.04 Å². The van der Waals surface area contributed by atoms with Gasteiger partial charge in [0, 0.05) is 12.6 Å². The second kappa shape index (κ2) is 10.2. The smallest absolute Gasteiger partial charge is 0.323 e. The van der Waals surface area contributed by atoms with Crippen LogP contribution in [0.1, 0.15) is 59.3 Å². The number of carbonyl (C=O) groups is 1. The fourth-order valence-electron chi connectivity index (χ4n) is 3.30. The van der Waals surface area contributed by atoms with E-state index in [0.717, 1.165) is 25.4 Å². The minimum atomic E-state index is -0.163. The van der Waals surface area contributed by atoms with Gasteiger partial charge >= 0.3 is 5.97 Å². The molecule has 1 fully saturated rings. The van der Waals surface area contributed by atoms with E-state index >= 15 is 0 Å². The summed E-state index contributed by atoms with van der Waals surface area (Å²) >= 11 is 0. The lowest BCUT2D eigenvalue weighted by atomic mass is 9.84. The van der Waals surface area contributed by atoms with Gasteiger partial charge in [-0.05, 0) is 58.5 Å². The first kappa shape index (κ1) is 18.4. The van der Waals surface area contributed by atoms with Crippen molar-refractivity contribution in [1.82, 2.24) is 10.2 Å². The topological polar surface area (TPSA) is 41.6 Å². The SMILES string of the molecule is CCNC(CCN(C)C1CCC(CC)CC1)C(=O)OCC. The van der Waals surface area contributed by atoms with Gasteiger partial charge in [-0.15, -0.1) is 0 Å². The van der Waals surface area contributed by atoms with Gasteiger partial charge in [-0.2, -0.15) is 0 Å². The predicted octanol–water partition coefficient (Wildman–Crippen LogP) is 2.82. The summed E-state index contributed by atoms with van der Waals surface area (Å²) in [6, 6.07) is 0.529. The number of hydrogen-bond donors (Lipinski definition) is 1. The van der Waals surface area contributed by atoms with Gasteiger partial charge < -0.3 is 15.0 Å². The second-order valence-corrected chi connectivity index (χ2v) is 6.21. The van der Waals surface area contributed by atoms with Gasteiger partial charge in [0.05, 0.1) is 6.61 Å². The molecule has 1 atom stereocenters. The Labute approximate surface area is 130 Å². The van der Waals surface area contributed by atoms with Crippen LogP contribution in [0.2, 0.25) is 0 Å². The summed E-state index contributed by atoms with van der Waals surface area (Å²) < 4.78 is 5.14. The molecule has 1 unspecified atom stereocenters. The molecular formula is C17H34N2O2. The highest BCUT2D eigenvalue weighted by molar-refractivity contribution is 5.75. The zero-order valence-electron chi connectivity index (χ0n) is 14.4. The van der Waals surface area contributed by atoms with Crippen LogP contribution in [0, 0.1) is 5.92 Å². The van der Waals surface area contributed by atoms with E-state index < -0.39 is 0 Å². The monoisotopic (exact) mass is 298 g/mol. The Kier molecular flexibility index (Phi) is 8.93. The number of carbonyl (C=O) groups excluding carboxylic acids is 1. The van der Waals surface area contributed by atoms with Crippen LogP contribution in [-0.4, -0.2) is 49.7 Å². The summed E-state index contributed by atoms with van der Waals surface area (Å²) in [6.45, 7) is 8.40. The van der Waals surface area contributed by atoms with Crippen molar-refractivity contribution in [2.45, 2.75) is 71.4 Å². The molecule has 1 N–H and O–H groups in total. The molecule has 0 aromatic carbocycles. The van der Waals surface area contributed by atoms with Gasteiger partial charge in [0.25, 0.3) is 0 Å². The van der Waals surface area contributed by atoms with Crippen LogP contribution in [0.3, 0.4) is 0 Å². The molecule has 124 valence electrons. The highest BCUT2D eigenvalue weighted by Crippen LogP contribution is 2.28. The summed E-state index contributed by atoms with van der Waals surface area (Å²) in [7, 11) is 2.20. The standard InChI is InChI=1S/C17H34N2O2/c1-5-14-8-10-15(11-9-14)19(4)13-12-16(18-6-2)17(20)21-7-3/h14-16,18H,5-13H2,1-4H3. The lowest BCUT2D eigenvalue weighted by Gasteiger charge is -2.35. The number of ether oxygens (including phenoxy) is 1. The maximum Gasteiger partial charge on any atom is 0.323 e. The van der Waals surface area contributed by atoms with E-state index in [-0.39, 0.29) is 12.0 Å². The molecule has 1 aliphatic rings. The lowest BCUT2D eigenvalue weighted by molar-refractivity contribution is -0.145. The minimum absolute atomic E-state index is 0.109. The van der Waals surface area contributed by atoms with E-state index in [9.17, 15) is 4.79 Å². The van der Waals surface area contributed by atoms with Crippen molar-refractivity contribution >= 4 is 5.97 Å². The van der Waals surface area contributed by atoms with Gasteiger partial charge in [0.15, 0.2) is 0 Å². The van der Waals surface area contributed by atoms with Gasteiger partial charge in [-0.3, -0.25) is 4.79 Å². The number of nitrogens with one attached hydrogen (secondary N) is 1. The van der Waals surface area contributed by atoms with Crippen LogP contribution >= 0.6 is 0 Å². The molecule has 0 aromatic heterocycles. The van der Waals surface area contributed by atoms with Gasteiger partial charge in [-0.1, -0.05) is 20.3 Å². The molecule has 0 aromatic rings. The Hall–Kier alpha value is -0.610. The number of rotatable bonds is 9. The van der Waals surface area contributed by atoms with Crippen LogP contribution in [0.4, 0.5) is 0 Å². The fraction of sp³-hybridized carbons (Fsp3) is 0.941. The van der Waals surface area contributed by atoms with Gasteiger partial charge in [0.2, 0.25) is 0 Å². The van der Waals surface area contributed by atoms with E-state index in [1.54, 1.807) is 0 Å². The average molecular weight is 298 g/mol. The average Bonchev–Trinajstić information content (AvgIpc) is 2.51. The first-order valence-corrected chi connectivity index (χ1v) is 8.72. The third kappa shape index (κ3) is 6.35. The Bertz CT molecular complexity index is 289. The lowest BCUT2D eigenvalue weighted by Crippen LogP contribution is -2.42. The second-order valence-electron chi connectivity index (χ2n) is 6.21. The summed E-state index contributed by atoms with van der Waals surface area (Å²) in [4.78, 5) is 14.3. The van der Waals surface area contributed by atoms with Crippen molar-refractivity contribution in [2.75, 3.05) is 26.7 Å². The fourth-order valence-corrected chi connectivity index (χ4v) is 3.30. The minimum Gasteiger partial charge on any atom is -0.465 e. The quantitative estimate of drug-likeness (QED) is 0.665. The van der Waals surface area contributed by atoms with E-state index in [4.69, 9.17) is 4.74 Å². The van der Waals surface area contributed by atoms with Gasteiger partial charge in [-0.25, -0.2) is 0 Å². The zero-order valence-corrected chi connectivity index (χ0v) is 14.4. The molecule has 21 heavy (non-hydrogen) atoms. The number of likely N-dealkylation sites (N-methyl/N-ethyl adjacent to an activating group) is 1. The molecule has 0 heterocycles. The summed E-state index contributed by atoms with van der Waals surface area (Å²) in [5.74, 6) is 0.825. The van der Waals surface area contributed by atoms with Crippen molar-refractivity contribution in [3.05, 3.63) is 0 Å². The Morgan fingerprint density at radius 1 is 1.24 bits per heavy atom. The highest BCUT2D eigenvalue weighted by atomic mass is 16.5. The van der Waals surface area contributed by atoms with Crippen LogP contribution < -0.4 is 5.32 Å². The normalized spacial score (nSPS) is 24.0. The number of nitrogens with zero attached hydrogens (tertiary/aromatic N) is 1. The maximum atomic E-state index is 11.9. The third-order valence-corrected chi connectivity index (χ3v) is 4.81. The Morgan fingerprint density at radius 2 is 1.90 bits per heavy atom. The van der Waals surface area contributed by atoms with Crippen molar-refractivity contribution in [3.63, 3.8) is 0 Å². The van der Waals surface area contributed by atoms with E-state index in [2.05, 4.69) is 24.2 Å². The molecular weight excluding hydrogens is 264 g/mol. The Morgan fingerprint density at radius 3 is 2.43 bits per heavy atom. The number of hydrogen-bond acceptors (Lipinski definition) is 4. The summed E-state index contributed by atoms with van der Waals surface area (Å²) in [5, 5.41) is 3.24.